The minimum Gasteiger partial charge on any atom is -0.496 e. The Labute approximate surface area is 210 Å². The standard InChI is InChI=1S/C26H30N4O5S/c1-25(2,3)18-13-15(30-10-6-9-27-24(30)31)12-16(21(18)34-4)22-20-23-26(20,28-23)17-11-14(29-36(5,32)33)7-8-19(17)35-22/h7-8,11-13,23,28-29H,6,9-10H2,1-5H3,(H,27,31). The zero-order valence-electron chi connectivity index (χ0n) is 21.0. The second-order valence-corrected chi connectivity index (χ2v) is 12.6. The maximum absolute atomic E-state index is 12.7. The molecule has 36 heavy (non-hydrogen) atoms. The lowest BCUT2D eigenvalue weighted by atomic mass is 9.84. The molecule has 10 heteroatoms. The topological polar surface area (TPSA) is 119 Å². The number of rotatable bonds is 5. The van der Waals surface area contributed by atoms with Crippen LogP contribution in [0.15, 0.2) is 35.9 Å². The molecule has 2 unspecified atom stereocenters. The van der Waals surface area contributed by atoms with Gasteiger partial charge in [0.05, 0.1) is 30.5 Å². The number of carbonyl (C=O) groups excluding carboxylic acids is 1. The molecule has 3 heterocycles. The molecule has 2 saturated heterocycles. The minimum atomic E-state index is -3.39. The Balaban J connectivity index is 1.48. The first-order chi connectivity index (χ1) is 16.9. The Morgan fingerprint density at radius 3 is 2.64 bits per heavy atom. The number of benzene rings is 2. The number of hydrogen-bond acceptors (Lipinski definition) is 6. The number of amides is 2. The van der Waals surface area contributed by atoms with Gasteiger partial charge in [0, 0.05) is 41.2 Å². The van der Waals surface area contributed by atoms with Gasteiger partial charge in [0.2, 0.25) is 10.0 Å². The van der Waals surface area contributed by atoms with Gasteiger partial charge in [-0.2, -0.15) is 0 Å². The van der Waals surface area contributed by atoms with Gasteiger partial charge in [0.1, 0.15) is 17.3 Å². The van der Waals surface area contributed by atoms with Crippen LogP contribution in [0.1, 0.15) is 43.9 Å². The molecule has 1 saturated carbocycles. The van der Waals surface area contributed by atoms with Gasteiger partial charge in [-0.1, -0.05) is 20.8 Å². The highest BCUT2D eigenvalue weighted by Crippen LogP contribution is 2.71. The van der Waals surface area contributed by atoms with Gasteiger partial charge in [0.25, 0.3) is 0 Å². The predicted octanol–water partition coefficient (Wildman–Crippen LogP) is 3.27. The lowest BCUT2D eigenvalue weighted by Gasteiger charge is -2.32. The van der Waals surface area contributed by atoms with Crippen LogP contribution >= 0.6 is 0 Å². The van der Waals surface area contributed by atoms with Crippen LogP contribution in [0.2, 0.25) is 0 Å². The van der Waals surface area contributed by atoms with Crippen molar-refractivity contribution in [1.29, 1.82) is 0 Å². The second-order valence-electron chi connectivity index (χ2n) is 10.9. The highest BCUT2D eigenvalue weighted by Gasteiger charge is 2.80. The number of methoxy groups -OCH3 is 1. The summed E-state index contributed by atoms with van der Waals surface area (Å²) in [6.07, 6.45) is 2.00. The summed E-state index contributed by atoms with van der Waals surface area (Å²) in [6, 6.07) is 9.38. The van der Waals surface area contributed by atoms with Crippen molar-refractivity contribution >= 4 is 33.2 Å². The van der Waals surface area contributed by atoms with Crippen LogP contribution in [0.5, 0.6) is 11.5 Å². The van der Waals surface area contributed by atoms with Crippen molar-refractivity contribution in [1.82, 2.24) is 10.6 Å². The summed E-state index contributed by atoms with van der Waals surface area (Å²) in [5, 5.41) is 6.43. The van der Waals surface area contributed by atoms with E-state index in [4.69, 9.17) is 9.47 Å². The molecule has 3 aliphatic heterocycles. The fourth-order valence-electron chi connectivity index (χ4n) is 5.44. The van der Waals surface area contributed by atoms with Crippen molar-refractivity contribution in [2.24, 2.45) is 0 Å². The van der Waals surface area contributed by atoms with E-state index in [0.29, 0.717) is 24.5 Å². The Kier molecular flexibility index (Phi) is 4.76. The van der Waals surface area contributed by atoms with Crippen LogP contribution < -0.4 is 29.7 Å². The van der Waals surface area contributed by atoms with Crippen molar-refractivity contribution in [3.63, 3.8) is 0 Å². The number of ether oxygens (including phenoxy) is 2. The summed E-state index contributed by atoms with van der Waals surface area (Å²) < 4.78 is 38.5. The maximum Gasteiger partial charge on any atom is 0.321 e. The average molecular weight is 511 g/mol. The monoisotopic (exact) mass is 510 g/mol. The first kappa shape index (κ1) is 23.2. The minimum absolute atomic E-state index is 0.108. The third kappa shape index (κ3) is 3.46. The molecule has 2 amide bonds. The lowest BCUT2D eigenvalue weighted by molar-refractivity contribution is 0.243. The number of nitrogens with zero attached hydrogens (tertiary/aromatic N) is 1. The van der Waals surface area contributed by atoms with E-state index in [1.54, 1.807) is 24.1 Å². The van der Waals surface area contributed by atoms with E-state index in [1.165, 1.54) is 0 Å². The molecule has 3 N–H and O–H groups in total. The number of sulfonamides is 1. The molecule has 2 aromatic rings. The van der Waals surface area contributed by atoms with Crippen LogP contribution in [0.4, 0.5) is 16.2 Å². The van der Waals surface area contributed by atoms with Crippen molar-refractivity contribution in [2.45, 2.75) is 44.2 Å². The average Bonchev–Trinajstić information content (AvgIpc) is 3.68. The third-order valence-electron chi connectivity index (χ3n) is 7.24. The number of fused-ring (bicyclic) bond motifs is 2. The zero-order valence-corrected chi connectivity index (χ0v) is 21.8. The van der Waals surface area contributed by atoms with E-state index in [2.05, 4.69) is 36.1 Å². The summed E-state index contributed by atoms with van der Waals surface area (Å²) in [6.45, 7) is 7.68. The molecule has 1 spiro atoms. The number of nitrogens with one attached hydrogen (secondary N) is 3. The quantitative estimate of drug-likeness (QED) is 0.532. The summed E-state index contributed by atoms with van der Waals surface area (Å²) in [5.41, 5.74) is 4.55. The van der Waals surface area contributed by atoms with E-state index in [-0.39, 0.29) is 23.0 Å². The van der Waals surface area contributed by atoms with Gasteiger partial charge in [-0.25, -0.2) is 13.2 Å². The highest BCUT2D eigenvalue weighted by atomic mass is 32.2. The Morgan fingerprint density at radius 2 is 2.00 bits per heavy atom. The van der Waals surface area contributed by atoms with E-state index >= 15 is 0 Å². The fourth-order valence-corrected chi connectivity index (χ4v) is 5.99. The van der Waals surface area contributed by atoms with E-state index in [9.17, 15) is 13.2 Å². The van der Waals surface area contributed by atoms with Gasteiger partial charge >= 0.3 is 6.03 Å². The van der Waals surface area contributed by atoms with E-state index in [0.717, 1.165) is 52.1 Å². The van der Waals surface area contributed by atoms with Crippen molar-refractivity contribution in [2.75, 3.05) is 36.1 Å². The van der Waals surface area contributed by atoms with Gasteiger partial charge in [-0.05, 0) is 42.2 Å². The molecule has 0 radical (unpaired) electrons. The van der Waals surface area contributed by atoms with Crippen LogP contribution in [0.25, 0.3) is 5.76 Å². The van der Waals surface area contributed by atoms with E-state index < -0.39 is 10.0 Å². The Morgan fingerprint density at radius 1 is 1.22 bits per heavy atom. The maximum atomic E-state index is 12.7. The largest absolute Gasteiger partial charge is 0.496 e. The van der Waals surface area contributed by atoms with Crippen LogP contribution in [-0.4, -0.2) is 46.9 Å². The van der Waals surface area contributed by atoms with Gasteiger partial charge in [-0.15, -0.1) is 0 Å². The molecule has 2 aromatic carbocycles. The Bertz CT molecular complexity index is 1460. The molecule has 190 valence electrons. The normalized spacial score (nSPS) is 24.2. The van der Waals surface area contributed by atoms with Gasteiger partial charge in [-0.3, -0.25) is 14.9 Å². The molecule has 4 aliphatic rings. The van der Waals surface area contributed by atoms with E-state index in [1.807, 2.05) is 18.2 Å². The third-order valence-corrected chi connectivity index (χ3v) is 7.84. The number of urea groups is 1. The number of hydrogen-bond donors (Lipinski definition) is 3. The molecule has 9 nitrogen and oxygen atoms in total. The van der Waals surface area contributed by atoms with Gasteiger partial charge in [0.15, 0.2) is 0 Å². The fraction of sp³-hybridized carbons (Fsp3) is 0.423. The first-order valence-corrected chi connectivity index (χ1v) is 13.9. The van der Waals surface area contributed by atoms with Crippen molar-refractivity contribution in [3.8, 4) is 11.5 Å². The SMILES string of the molecule is COc1c(C2=C3C4NC34c3cc(NS(C)(=O)=O)ccc3O2)cc(N2CCCNC2=O)cc1C(C)(C)C. The number of carbonyl (C=O) groups is 1. The summed E-state index contributed by atoms with van der Waals surface area (Å²) in [5.74, 6) is 2.13. The van der Waals surface area contributed by atoms with Crippen LogP contribution in [0, 0.1) is 0 Å². The summed E-state index contributed by atoms with van der Waals surface area (Å²) >= 11 is 0. The molecule has 3 fully saturated rings. The predicted molar refractivity (Wildman–Crippen MR) is 138 cm³/mol. The zero-order chi connectivity index (χ0) is 25.6. The second kappa shape index (κ2) is 7.39. The number of anilines is 2. The first-order valence-electron chi connectivity index (χ1n) is 12.0. The molecule has 2 atom stereocenters. The molecular formula is C26H30N4O5S. The smallest absolute Gasteiger partial charge is 0.321 e. The van der Waals surface area contributed by atoms with Gasteiger partial charge < -0.3 is 14.8 Å². The molecule has 0 bridgehead atoms. The molecule has 6 rings (SSSR count). The molecular weight excluding hydrogens is 480 g/mol. The van der Waals surface area contributed by atoms with Crippen molar-refractivity contribution in [3.05, 3.63) is 52.6 Å². The molecule has 0 aromatic heterocycles. The lowest BCUT2D eigenvalue weighted by Crippen LogP contribution is -2.46. The van der Waals surface area contributed by atoms with Crippen LogP contribution in [0.3, 0.4) is 0 Å². The van der Waals surface area contributed by atoms with Crippen molar-refractivity contribution < 1.29 is 22.7 Å². The summed E-state index contributed by atoms with van der Waals surface area (Å²) in [7, 11) is -1.73. The van der Waals surface area contributed by atoms with Crippen LogP contribution in [-0.2, 0) is 21.0 Å². The highest BCUT2D eigenvalue weighted by molar-refractivity contribution is 7.92. The summed E-state index contributed by atoms with van der Waals surface area (Å²) in [4.78, 5) is 14.5. The Hall–Kier alpha value is -3.24. The molecule has 1 aliphatic carbocycles.